The third kappa shape index (κ3) is 6.09. The number of rotatable bonds is 9. The number of nitrogens with zero attached hydrogens (tertiary/aromatic N) is 4. The lowest BCUT2D eigenvalue weighted by Gasteiger charge is -2.11. The third-order valence-electron chi connectivity index (χ3n) is 4.97. The minimum absolute atomic E-state index is 0.293. The van der Waals surface area contributed by atoms with Crippen LogP contribution in [0.25, 0.3) is 22.4 Å². The number of aromatic nitrogens is 5. The Morgan fingerprint density at radius 2 is 1.97 bits per heavy atom. The molecule has 0 aliphatic rings. The lowest BCUT2D eigenvalue weighted by molar-refractivity contribution is 0.183. The fourth-order valence-corrected chi connectivity index (χ4v) is 3.80. The van der Waals surface area contributed by atoms with Gasteiger partial charge in [0, 0.05) is 18.9 Å². The first kappa shape index (κ1) is 24.7. The van der Waals surface area contributed by atoms with E-state index in [9.17, 15) is 4.79 Å². The van der Waals surface area contributed by atoms with Crippen molar-refractivity contribution in [3.05, 3.63) is 33.9 Å². The van der Waals surface area contributed by atoms with Gasteiger partial charge in [0.05, 0.1) is 31.0 Å². The average Bonchev–Trinajstić information content (AvgIpc) is 3.14. The van der Waals surface area contributed by atoms with E-state index >= 15 is 0 Å². The van der Waals surface area contributed by atoms with Crippen LogP contribution in [0.2, 0.25) is 19.6 Å². The van der Waals surface area contributed by atoms with Gasteiger partial charge in [0.1, 0.15) is 19.4 Å². The Kier molecular flexibility index (Phi) is 8.05. The minimum Gasteiger partial charge on any atom is -0.477 e. The number of hydrogen-bond donors (Lipinski definition) is 1. The largest absolute Gasteiger partial charge is 0.477 e. The van der Waals surface area contributed by atoms with Gasteiger partial charge in [0.15, 0.2) is 5.52 Å². The van der Waals surface area contributed by atoms with E-state index in [1.807, 2.05) is 13.0 Å². The van der Waals surface area contributed by atoms with Crippen molar-refractivity contribution in [3.8, 4) is 28.7 Å². The summed E-state index contributed by atoms with van der Waals surface area (Å²) in [7, 11) is 0.0849. The predicted octanol–water partition coefficient (Wildman–Crippen LogP) is 3.80. The summed E-state index contributed by atoms with van der Waals surface area (Å²) in [4.78, 5) is 25.2. The molecule has 0 bridgehead atoms. The van der Waals surface area contributed by atoms with Crippen molar-refractivity contribution < 1.29 is 9.47 Å². The number of aryl methyl sites for hydroxylation is 1. The zero-order chi connectivity index (χ0) is 24.0. The fraction of sp³-hybridized carbons (Fsp3) is 0.500. The Hall–Kier alpha value is -2.96. The van der Waals surface area contributed by atoms with Crippen molar-refractivity contribution in [1.29, 1.82) is 0 Å². The summed E-state index contributed by atoms with van der Waals surface area (Å²) in [5.41, 5.74) is 6.27. The molecule has 8 nitrogen and oxygen atoms in total. The van der Waals surface area contributed by atoms with E-state index in [0.717, 1.165) is 24.1 Å². The summed E-state index contributed by atoms with van der Waals surface area (Å²) >= 11 is 0. The molecule has 3 aromatic rings. The van der Waals surface area contributed by atoms with E-state index in [1.165, 1.54) is 0 Å². The zero-order valence-electron chi connectivity index (χ0n) is 20.4. The summed E-state index contributed by atoms with van der Waals surface area (Å²) < 4.78 is 12.9. The van der Waals surface area contributed by atoms with Crippen molar-refractivity contribution in [1.82, 2.24) is 24.7 Å². The monoisotopic (exact) mass is 467 g/mol. The van der Waals surface area contributed by atoms with E-state index in [1.54, 1.807) is 18.0 Å². The molecule has 0 saturated carbocycles. The van der Waals surface area contributed by atoms with Crippen molar-refractivity contribution >= 4 is 19.1 Å². The topological polar surface area (TPSA) is 94.9 Å². The van der Waals surface area contributed by atoms with Crippen LogP contribution in [0.1, 0.15) is 37.9 Å². The lowest BCUT2D eigenvalue weighted by atomic mass is 10.2. The second kappa shape index (κ2) is 10.8. The summed E-state index contributed by atoms with van der Waals surface area (Å²) in [6, 6.07) is 1.90. The van der Waals surface area contributed by atoms with Crippen molar-refractivity contribution in [2.75, 3.05) is 20.3 Å². The fourth-order valence-electron chi connectivity index (χ4n) is 3.28. The van der Waals surface area contributed by atoms with Gasteiger partial charge in [-0.05, 0) is 18.9 Å². The molecule has 0 atom stereocenters. The first-order chi connectivity index (χ1) is 15.8. The number of pyridine rings is 1. The lowest BCUT2D eigenvalue weighted by Crippen LogP contribution is -2.16. The molecule has 0 aromatic carbocycles. The molecule has 3 rings (SSSR count). The maximum atomic E-state index is 13.0. The van der Waals surface area contributed by atoms with Gasteiger partial charge in [0.2, 0.25) is 5.88 Å². The number of unbranched alkanes of at least 4 members (excludes halogenated alkanes) is 1. The molecule has 0 saturated heterocycles. The number of H-pyrrole nitrogens is 1. The number of nitrogens with one attached hydrogen (secondary N) is 1. The Morgan fingerprint density at radius 1 is 1.18 bits per heavy atom. The molecule has 1 N–H and O–H groups in total. The summed E-state index contributed by atoms with van der Waals surface area (Å²) in [6.07, 6.45) is 4.33. The Morgan fingerprint density at radius 3 is 2.64 bits per heavy atom. The predicted molar refractivity (Wildman–Crippen MR) is 133 cm³/mol. The first-order valence-electron chi connectivity index (χ1n) is 11.4. The molecule has 0 amide bonds. The Bertz CT molecular complexity index is 1230. The van der Waals surface area contributed by atoms with Gasteiger partial charge in [0.25, 0.3) is 5.56 Å². The highest BCUT2D eigenvalue weighted by Crippen LogP contribution is 2.27. The van der Waals surface area contributed by atoms with Crippen LogP contribution in [0, 0.1) is 11.5 Å². The molecule has 33 heavy (non-hydrogen) atoms. The smallest absolute Gasteiger partial charge is 0.279 e. The van der Waals surface area contributed by atoms with Crippen LogP contribution in [0.15, 0.2) is 17.1 Å². The average molecular weight is 468 g/mol. The van der Waals surface area contributed by atoms with Gasteiger partial charge in [-0.25, -0.2) is 9.97 Å². The molecule has 3 heterocycles. The van der Waals surface area contributed by atoms with Crippen molar-refractivity contribution in [2.45, 2.75) is 59.3 Å². The first-order valence-corrected chi connectivity index (χ1v) is 14.9. The van der Waals surface area contributed by atoms with Crippen LogP contribution in [0.5, 0.6) is 5.88 Å². The zero-order valence-corrected chi connectivity index (χ0v) is 21.4. The maximum absolute atomic E-state index is 13.0. The van der Waals surface area contributed by atoms with Crippen LogP contribution >= 0.6 is 0 Å². The van der Waals surface area contributed by atoms with E-state index in [-0.39, 0.29) is 5.56 Å². The molecular weight excluding hydrogens is 434 g/mol. The normalized spacial score (nSPS) is 11.5. The van der Waals surface area contributed by atoms with Crippen LogP contribution in [-0.4, -0.2) is 53.1 Å². The minimum atomic E-state index is -1.56. The number of methoxy groups -OCH3 is 1. The van der Waals surface area contributed by atoms with Crippen LogP contribution in [0.3, 0.4) is 0 Å². The summed E-state index contributed by atoms with van der Waals surface area (Å²) in [5, 5.41) is 4.48. The van der Waals surface area contributed by atoms with Gasteiger partial charge in [-0.1, -0.05) is 45.8 Å². The number of fused-ring (bicyclic) bond motifs is 1. The highest BCUT2D eigenvalue weighted by atomic mass is 28.3. The van der Waals surface area contributed by atoms with Crippen LogP contribution < -0.4 is 10.3 Å². The number of ether oxygens (including phenoxy) is 2. The van der Waals surface area contributed by atoms with E-state index < -0.39 is 8.07 Å². The van der Waals surface area contributed by atoms with Gasteiger partial charge in [-0.2, -0.15) is 5.10 Å². The molecular formula is C24H33N5O3Si. The molecule has 176 valence electrons. The molecule has 0 spiro atoms. The second-order valence-corrected chi connectivity index (χ2v) is 13.7. The number of aromatic amines is 1. The van der Waals surface area contributed by atoms with Gasteiger partial charge in [-0.3, -0.25) is 9.48 Å². The van der Waals surface area contributed by atoms with E-state index in [0.29, 0.717) is 54.5 Å². The molecule has 9 heteroatoms. The molecule has 0 fully saturated rings. The van der Waals surface area contributed by atoms with Gasteiger partial charge >= 0.3 is 0 Å². The molecule has 3 aromatic heterocycles. The summed E-state index contributed by atoms with van der Waals surface area (Å²) in [5.74, 6) is 4.08. The highest BCUT2D eigenvalue weighted by molar-refractivity contribution is 6.83. The SMILES string of the molecule is CCCCOc1ncc(C#C[Si](C)(C)C)cc1-c1nc2c(CC)n(CCOC)nc2c(=O)[nH]1. The third-order valence-corrected chi connectivity index (χ3v) is 5.84. The van der Waals surface area contributed by atoms with Crippen molar-refractivity contribution in [3.63, 3.8) is 0 Å². The molecule has 0 radical (unpaired) electrons. The molecule has 0 aliphatic heterocycles. The van der Waals surface area contributed by atoms with E-state index in [2.05, 4.69) is 53.1 Å². The standard InChI is InChI=1S/C24H33N5O3Si/c1-7-9-12-32-24-18(15-17(16-25-24)10-14-33(4,5)6)22-26-20-19(8-2)29(11-13-31-3)28-21(20)23(30)27-22/h15-16H,7-9,11-13H2,1-6H3,(H,26,27,30). The quantitative estimate of drug-likeness (QED) is 0.292. The Balaban J connectivity index is 2.16. The van der Waals surface area contributed by atoms with Gasteiger partial charge in [-0.15, -0.1) is 5.54 Å². The second-order valence-electron chi connectivity index (χ2n) is 8.91. The van der Waals surface area contributed by atoms with Crippen molar-refractivity contribution in [2.24, 2.45) is 0 Å². The van der Waals surface area contributed by atoms with Gasteiger partial charge < -0.3 is 14.5 Å². The molecule has 0 aliphatic carbocycles. The van der Waals surface area contributed by atoms with Crippen LogP contribution in [-0.2, 0) is 17.7 Å². The number of hydrogen-bond acceptors (Lipinski definition) is 6. The maximum Gasteiger partial charge on any atom is 0.279 e. The summed E-state index contributed by atoms with van der Waals surface area (Å²) in [6.45, 7) is 12.3. The highest BCUT2D eigenvalue weighted by Gasteiger charge is 2.19. The Labute approximate surface area is 195 Å². The van der Waals surface area contributed by atoms with Crippen LogP contribution in [0.4, 0.5) is 0 Å². The molecule has 0 unspecified atom stereocenters. The van der Waals surface area contributed by atoms with E-state index in [4.69, 9.17) is 14.5 Å².